The molecule has 2 unspecified atom stereocenters. The molecule has 1 fully saturated rings. The summed E-state index contributed by atoms with van der Waals surface area (Å²) in [6, 6.07) is 22.2. The van der Waals surface area contributed by atoms with Crippen molar-refractivity contribution in [3.8, 4) is 11.5 Å². The number of carbonyl (C=O) groups is 1. The Balaban J connectivity index is 1.60. The Labute approximate surface area is 228 Å². The second-order valence-corrected chi connectivity index (χ2v) is 9.99. The molecule has 1 N–H and O–H groups in total. The number of furan rings is 2. The Kier molecular flexibility index (Phi) is 6.89. The minimum Gasteiger partial charge on any atom is -0.493 e. The van der Waals surface area contributed by atoms with Crippen molar-refractivity contribution in [1.82, 2.24) is 15.1 Å². The molecule has 39 heavy (non-hydrogen) atoms. The van der Waals surface area contributed by atoms with Crippen LogP contribution < -0.4 is 14.8 Å². The van der Waals surface area contributed by atoms with E-state index in [1.807, 2.05) is 47.4 Å². The predicted octanol–water partition coefficient (Wildman–Crippen LogP) is 4.54. The van der Waals surface area contributed by atoms with Gasteiger partial charge in [-0.15, -0.1) is 0 Å². The van der Waals surface area contributed by atoms with Crippen LogP contribution in [0.1, 0.15) is 34.6 Å². The van der Waals surface area contributed by atoms with Crippen molar-refractivity contribution in [3.63, 3.8) is 0 Å². The SMILES string of the molecule is COc1cc2c(cc1OC)C(c1ccccc1)(C1N(Cc3ccco3)CCC(=O)N1Cc1ccco1)NCC2. The van der Waals surface area contributed by atoms with E-state index in [-0.39, 0.29) is 5.91 Å². The molecule has 0 spiro atoms. The fourth-order valence-electron chi connectivity index (χ4n) is 6.18. The number of carbonyl (C=O) groups excluding carboxylic acids is 1. The second kappa shape index (κ2) is 10.6. The summed E-state index contributed by atoms with van der Waals surface area (Å²) >= 11 is 0. The third kappa shape index (κ3) is 4.49. The van der Waals surface area contributed by atoms with Gasteiger partial charge >= 0.3 is 0 Å². The van der Waals surface area contributed by atoms with E-state index >= 15 is 0 Å². The number of ether oxygens (including phenoxy) is 2. The smallest absolute Gasteiger partial charge is 0.225 e. The maximum absolute atomic E-state index is 13.8. The van der Waals surface area contributed by atoms with Crippen LogP contribution in [-0.4, -0.2) is 49.2 Å². The lowest BCUT2D eigenvalue weighted by molar-refractivity contribution is -0.153. The molecule has 2 aliphatic heterocycles. The summed E-state index contributed by atoms with van der Waals surface area (Å²) in [6.45, 7) is 2.23. The number of rotatable bonds is 8. The Morgan fingerprint density at radius 2 is 1.59 bits per heavy atom. The molecule has 4 aromatic rings. The number of benzene rings is 2. The van der Waals surface area contributed by atoms with Crippen LogP contribution in [0.5, 0.6) is 11.5 Å². The maximum atomic E-state index is 13.8. The van der Waals surface area contributed by atoms with Crippen molar-refractivity contribution in [3.05, 3.63) is 107 Å². The molecule has 0 bridgehead atoms. The Hall–Kier alpha value is -4.01. The first kappa shape index (κ1) is 25.3. The van der Waals surface area contributed by atoms with E-state index in [0.717, 1.165) is 41.2 Å². The fraction of sp³-hybridized carbons (Fsp3) is 0.323. The minimum atomic E-state index is -0.774. The number of fused-ring (bicyclic) bond motifs is 1. The molecule has 1 saturated heterocycles. The van der Waals surface area contributed by atoms with E-state index in [0.29, 0.717) is 37.6 Å². The van der Waals surface area contributed by atoms with Gasteiger partial charge in [0.25, 0.3) is 0 Å². The van der Waals surface area contributed by atoms with Crippen LogP contribution in [0.3, 0.4) is 0 Å². The van der Waals surface area contributed by atoms with Gasteiger partial charge in [0.15, 0.2) is 11.5 Å². The van der Waals surface area contributed by atoms with Crippen LogP contribution in [0.25, 0.3) is 0 Å². The first-order valence-corrected chi connectivity index (χ1v) is 13.3. The standard InChI is InChI=1S/C31H33N3O5/c1-36-27-18-22-12-14-32-31(23-8-4-3-5-9-23,26(22)19-28(27)37-2)30-33(20-24-10-6-16-38-24)15-13-29(35)34(30)21-25-11-7-17-39-25/h3-11,16-19,30,32H,12-15,20-21H2,1-2H3. The summed E-state index contributed by atoms with van der Waals surface area (Å²) in [5.41, 5.74) is 2.51. The molecule has 8 nitrogen and oxygen atoms in total. The molecule has 2 atom stereocenters. The highest BCUT2D eigenvalue weighted by molar-refractivity contribution is 5.78. The van der Waals surface area contributed by atoms with Gasteiger partial charge in [0.1, 0.15) is 23.2 Å². The molecule has 0 saturated carbocycles. The maximum Gasteiger partial charge on any atom is 0.225 e. The number of hydrogen-bond donors (Lipinski definition) is 1. The highest BCUT2D eigenvalue weighted by Crippen LogP contribution is 2.46. The van der Waals surface area contributed by atoms with Gasteiger partial charge in [0.2, 0.25) is 5.91 Å². The summed E-state index contributed by atoms with van der Waals surface area (Å²) in [6.07, 6.45) is 4.17. The van der Waals surface area contributed by atoms with Crippen LogP contribution >= 0.6 is 0 Å². The summed E-state index contributed by atoms with van der Waals surface area (Å²) in [4.78, 5) is 18.1. The van der Waals surface area contributed by atoms with Crippen molar-refractivity contribution in [2.75, 3.05) is 27.3 Å². The highest BCUT2D eigenvalue weighted by atomic mass is 16.5. The number of hydrogen-bond acceptors (Lipinski definition) is 7. The van der Waals surface area contributed by atoms with Gasteiger partial charge in [-0.25, -0.2) is 0 Å². The number of nitrogens with one attached hydrogen (secondary N) is 1. The molecule has 2 aromatic carbocycles. The van der Waals surface area contributed by atoms with Gasteiger partial charge in [-0.1, -0.05) is 30.3 Å². The van der Waals surface area contributed by atoms with Crippen molar-refractivity contribution < 1.29 is 23.1 Å². The van der Waals surface area contributed by atoms with Gasteiger partial charge in [0.05, 0.1) is 39.8 Å². The normalized spacial score (nSPS) is 21.5. The lowest BCUT2D eigenvalue weighted by Crippen LogP contribution is -2.70. The molecular weight excluding hydrogens is 494 g/mol. The van der Waals surface area contributed by atoms with Crippen LogP contribution in [-0.2, 0) is 29.8 Å². The van der Waals surface area contributed by atoms with Gasteiger partial charge in [-0.3, -0.25) is 9.69 Å². The molecule has 1 amide bonds. The summed E-state index contributed by atoms with van der Waals surface area (Å²) < 4.78 is 23.0. The Bertz CT molecular complexity index is 1400. The quantitative estimate of drug-likeness (QED) is 0.360. The zero-order chi connectivity index (χ0) is 26.8. The zero-order valence-corrected chi connectivity index (χ0v) is 22.3. The van der Waals surface area contributed by atoms with E-state index in [4.69, 9.17) is 18.3 Å². The van der Waals surface area contributed by atoms with E-state index in [1.165, 1.54) is 0 Å². The van der Waals surface area contributed by atoms with Gasteiger partial charge in [-0.05, 0) is 59.5 Å². The van der Waals surface area contributed by atoms with Crippen molar-refractivity contribution in [1.29, 1.82) is 0 Å². The van der Waals surface area contributed by atoms with Gasteiger partial charge in [0, 0.05) is 19.5 Å². The van der Waals surface area contributed by atoms with E-state index < -0.39 is 11.7 Å². The topological polar surface area (TPSA) is 80.3 Å². The Morgan fingerprint density at radius 3 is 2.26 bits per heavy atom. The van der Waals surface area contributed by atoms with Gasteiger partial charge < -0.3 is 28.5 Å². The van der Waals surface area contributed by atoms with Crippen LogP contribution in [0, 0.1) is 0 Å². The monoisotopic (exact) mass is 527 g/mol. The first-order chi connectivity index (χ1) is 19.1. The molecule has 4 heterocycles. The molecule has 6 rings (SSSR count). The molecule has 0 radical (unpaired) electrons. The molecule has 8 heteroatoms. The van der Waals surface area contributed by atoms with Crippen LogP contribution in [0.4, 0.5) is 0 Å². The highest BCUT2D eigenvalue weighted by Gasteiger charge is 2.53. The zero-order valence-electron chi connectivity index (χ0n) is 22.3. The summed E-state index contributed by atoms with van der Waals surface area (Å²) in [5.74, 6) is 3.01. The van der Waals surface area contributed by atoms with E-state index in [9.17, 15) is 4.79 Å². The predicted molar refractivity (Wildman–Crippen MR) is 145 cm³/mol. The number of nitrogens with zero attached hydrogens (tertiary/aromatic N) is 2. The van der Waals surface area contributed by atoms with E-state index in [2.05, 4.69) is 34.5 Å². The largest absolute Gasteiger partial charge is 0.493 e. The fourth-order valence-corrected chi connectivity index (χ4v) is 6.18. The average molecular weight is 528 g/mol. The van der Waals surface area contributed by atoms with E-state index in [1.54, 1.807) is 26.7 Å². The van der Waals surface area contributed by atoms with Crippen LogP contribution in [0.2, 0.25) is 0 Å². The lowest BCUT2D eigenvalue weighted by atomic mass is 9.73. The minimum absolute atomic E-state index is 0.0804. The van der Waals surface area contributed by atoms with Crippen LogP contribution in [0.15, 0.2) is 88.1 Å². The average Bonchev–Trinajstić information content (AvgIpc) is 3.69. The van der Waals surface area contributed by atoms with Crippen molar-refractivity contribution in [2.24, 2.45) is 0 Å². The summed E-state index contributed by atoms with van der Waals surface area (Å²) in [7, 11) is 3.31. The molecule has 202 valence electrons. The molecular formula is C31H33N3O5. The summed E-state index contributed by atoms with van der Waals surface area (Å²) in [5, 5.41) is 3.91. The molecule has 2 aliphatic rings. The number of methoxy groups -OCH3 is 2. The lowest BCUT2D eigenvalue weighted by Gasteiger charge is -2.55. The molecule has 2 aromatic heterocycles. The van der Waals surface area contributed by atoms with Crippen molar-refractivity contribution in [2.45, 2.75) is 37.6 Å². The van der Waals surface area contributed by atoms with Crippen molar-refractivity contribution >= 4 is 5.91 Å². The third-order valence-electron chi connectivity index (χ3n) is 7.87. The van der Waals surface area contributed by atoms with Gasteiger partial charge in [-0.2, -0.15) is 0 Å². The Morgan fingerprint density at radius 1 is 0.897 bits per heavy atom. The second-order valence-electron chi connectivity index (χ2n) is 9.99. The first-order valence-electron chi connectivity index (χ1n) is 13.3. The molecule has 0 aliphatic carbocycles. The third-order valence-corrected chi connectivity index (χ3v) is 7.87. The number of amides is 1.